The van der Waals surface area contributed by atoms with E-state index in [1.54, 1.807) is 7.11 Å². The second-order valence-corrected chi connectivity index (χ2v) is 8.21. The van der Waals surface area contributed by atoms with Crippen LogP contribution in [0, 0.1) is 23.2 Å². The molecule has 4 fully saturated rings. The van der Waals surface area contributed by atoms with Gasteiger partial charge in [0.05, 0.1) is 7.11 Å². The molecule has 124 valence electrons. The first-order valence-electron chi connectivity index (χ1n) is 9.03. The smallest absolute Gasteiger partial charge is 0.251 e. The molecule has 0 aromatic heterocycles. The molecule has 23 heavy (non-hydrogen) atoms. The molecule has 5 rings (SSSR count). The Bertz CT molecular complexity index is 574. The van der Waals surface area contributed by atoms with Crippen molar-refractivity contribution in [3.63, 3.8) is 0 Å². The Balaban J connectivity index is 1.49. The second-order valence-electron chi connectivity index (χ2n) is 8.21. The van der Waals surface area contributed by atoms with Gasteiger partial charge >= 0.3 is 0 Å². The van der Waals surface area contributed by atoms with Crippen LogP contribution in [-0.2, 0) is 0 Å². The third-order valence-electron chi connectivity index (χ3n) is 6.68. The quantitative estimate of drug-likeness (QED) is 0.911. The number of benzene rings is 1. The van der Waals surface area contributed by atoms with E-state index in [1.165, 1.54) is 38.5 Å². The van der Waals surface area contributed by atoms with Crippen LogP contribution in [0.25, 0.3) is 0 Å². The first-order chi connectivity index (χ1) is 11.1. The van der Waals surface area contributed by atoms with Crippen molar-refractivity contribution in [2.45, 2.75) is 51.5 Å². The zero-order chi connectivity index (χ0) is 16.0. The zero-order valence-electron chi connectivity index (χ0n) is 14.2. The molecule has 0 spiro atoms. The van der Waals surface area contributed by atoms with Crippen LogP contribution < -0.4 is 10.1 Å². The number of hydrogen-bond donors (Lipinski definition) is 1. The lowest BCUT2D eigenvalue weighted by molar-refractivity contribution is -0.0688. The number of rotatable bonds is 4. The topological polar surface area (TPSA) is 38.3 Å². The Labute approximate surface area is 138 Å². The number of carbonyl (C=O) groups is 1. The van der Waals surface area contributed by atoms with Crippen molar-refractivity contribution in [2.75, 3.05) is 7.11 Å². The van der Waals surface area contributed by atoms with Crippen molar-refractivity contribution in [3.8, 4) is 5.75 Å². The predicted molar refractivity (Wildman–Crippen MR) is 90.5 cm³/mol. The lowest BCUT2D eigenvalue weighted by Crippen LogP contribution is -2.55. The summed E-state index contributed by atoms with van der Waals surface area (Å²) in [6.07, 6.45) is 8.27. The minimum atomic E-state index is 0.0344. The molecule has 1 aromatic carbocycles. The van der Waals surface area contributed by atoms with Crippen LogP contribution in [0.4, 0.5) is 0 Å². The Kier molecular flexibility index (Phi) is 3.62. The highest BCUT2D eigenvalue weighted by molar-refractivity contribution is 5.94. The van der Waals surface area contributed by atoms with Crippen molar-refractivity contribution in [1.82, 2.24) is 5.32 Å². The van der Waals surface area contributed by atoms with Crippen molar-refractivity contribution in [1.29, 1.82) is 0 Å². The summed E-state index contributed by atoms with van der Waals surface area (Å²) in [5.41, 5.74) is 1.05. The van der Waals surface area contributed by atoms with Crippen LogP contribution in [0.5, 0.6) is 5.75 Å². The fourth-order valence-electron chi connectivity index (χ4n) is 5.91. The highest BCUT2D eigenvalue weighted by atomic mass is 16.5. The summed E-state index contributed by atoms with van der Waals surface area (Å²) in [7, 11) is 1.63. The maximum atomic E-state index is 12.6. The average molecular weight is 313 g/mol. The van der Waals surface area contributed by atoms with Crippen molar-refractivity contribution >= 4 is 5.91 Å². The third-order valence-corrected chi connectivity index (χ3v) is 6.68. The van der Waals surface area contributed by atoms with E-state index in [2.05, 4.69) is 12.2 Å². The Morgan fingerprint density at radius 3 is 2.35 bits per heavy atom. The molecule has 4 bridgehead atoms. The van der Waals surface area contributed by atoms with E-state index in [1.807, 2.05) is 24.3 Å². The lowest BCUT2D eigenvalue weighted by Gasteiger charge is -2.59. The molecular weight excluding hydrogens is 286 g/mol. The van der Waals surface area contributed by atoms with Gasteiger partial charge in [-0.2, -0.15) is 0 Å². The number of hydrogen-bond acceptors (Lipinski definition) is 2. The number of carbonyl (C=O) groups excluding carboxylic acids is 1. The number of amides is 1. The highest BCUT2D eigenvalue weighted by Crippen LogP contribution is 2.61. The largest absolute Gasteiger partial charge is 0.497 e. The molecule has 0 aliphatic heterocycles. The molecule has 3 nitrogen and oxygen atoms in total. The Hall–Kier alpha value is -1.51. The molecular formula is C20H27NO2. The van der Waals surface area contributed by atoms with Gasteiger partial charge in [0.1, 0.15) is 5.75 Å². The standard InChI is InChI=1S/C20H27NO2/c1-13(21-19(22)17-4-3-5-18(9-17)23-2)20-10-14-6-15(11-20)8-16(7-14)12-20/h3-5,9,13-16H,6-8,10-12H2,1-2H3,(H,21,22)/t13-,14?,15?,16?,20?/m1/s1. The fraction of sp³-hybridized carbons (Fsp3) is 0.650. The van der Waals surface area contributed by atoms with E-state index in [0.29, 0.717) is 11.0 Å². The van der Waals surface area contributed by atoms with Crippen LogP contribution >= 0.6 is 0 Å². The summed E-state index contributed by atoms with van der Waals surface area (Å²) >= 11 is 0. The minimum absolute atomic E-state index is 0.0344. The van der Waals surface area contributed by atoms with Crippen molar-refractivity contribution in [2.24, 2.45) is 23.2 Å². The first-order valence-corrected chi connectivity index (χ1v) is 9.03. The fourth-order valence-corrected chi connectivity index (χ4v) is 5.91. The molecule has 4 aliphatic carbocycles. The number of nitrogens with one attached hydrogen (secondary N) is 1. The average Bonchev–Trinajstić information content (AvgIpc) is 2.53. The second kappa shape index (κ2) is 5.54. The van der Waals surface area contributed by atoms with Gasteiger partial charge in [-0.3, -0.25) is 4.79 Å². The number of ether oxygens (including phenoxy) is 1. The van der Waals surface area contributed by atoms with Crippen LogP contribution in [0.15, 0.2) is 24.3 Å². The molecule has 4 aliphatic rings. The van der Waals surface area contributed by atoms with E-state index in [-0.39, 0.29) is 11.9 Å². The van der Waals surface area contributed by atoms with E-state index < -0.39 is 0 Å². The molecule has 0 unspecified atom stereocenters. The van der Waals surface area contributed by atoms with E-state index >= 15 is 0 Å². The summed E-state index contributed by atoms with van der Waals surface area (Å²) in [5.74, 6) is 3.51. The highest BCUT2D eigenvalue weighted by Gasteiger charge is 2.53. The molecule has 1 N–H and O–H groups in total. The molecule has 4 saturated carbocycles. The van der Waals surface area contributed by atoms with Gasteiger partial charge in [0.15, 0.2) is 0 Å². The SMILES string of the molecule is COc1cccc(C(=O)N[C@H](C)C23CC4CC(CC(C4)C2)C3)c1. The van der Waals surface area contributed by atoms with Gasteiger partial charge in [-0.25, -0.2) is 0 Å². The van der Waals surface area contributed by atoms with Gasteiger partial charge < -0.3 is 10.1 Å². The lowest BCUT2D eigenvalue weighted by atomic mass is 9.48. The van der Waals surface area contributed by atoms with Crippen LogP contribution in [0.3, 0.4) is 0 Å². The monoisotopic (exact) mass is 313 g/mol. The van der Waals surface area contributed by atoms with Gasteiger partial charge in [-0.1, -0.05) is 6.07 Å². The van der Waals surface area contributed by atoms with Crippen LogP contribution in [0.2, 0.25) is 0 Å². The van der Waals surface area contributed by atoms with Crippen molar-refractivity contribution in [3.05, 3.63) is 29.8 Å². The van der Waals surface area contributed by atoms with E-state index in [9.17, 15) is 4.79 Å². The zero-order valence-corrected chi connectivity index (χ0v) is 14.2. The normalized spacial score (nSPS) is 35.8. The van der Waals surface area contributed by atoms with Crippen LogP contribution in [0.1, 0.15) is 55.8 Å². The minimum Gasteiger partial charge on any atom is -0.497 e. The molecule has 0 radical (unpaired) electrons. The first kappa shape index (κ1) is 15.0. The van der Waals surface area contributed by atoms with Gasteiger partial charge in [0.2, 0.25) is 0 Å². The summed E-state index contributed by atoms with van der Waals surface area (Å²) in [4.78, 5) is 12.6. The predicted octanol–water partition coefficient (Wildman–Crippen LogP) is 4.03. The molecule has 0 heterocycles. The molecule has 1 amide bonds. The van der Waals surface area contributed by atoms with Gasteiger partial charge in [0, 0.05) is 11.6 Å². The Morgan fingerprint density at radius 2 is 1.78 bits per heavy atom. The molecule has 3 heteroatoms. The number of methoxy groups -OCH3 is 1. The van der Waals surface area contributed by atoms with Crippen molar-refractivity contribution < 1.29 is 9.53 Å². The van der Waals surface area contributed by atoms with Crippen LogP contribution in [-0.4, -0.2) is 19.1 Å². The maximum Gasteiger partial charge on any atom is 0.251 e. The summed E-state index contributed by atoms with van der Waals surface area (Å²) < 4.78 is 5.23. The molecule has 0 saturated heterocycles. The third kappa shape index (κ3) is 2.64. The van der Waals surface area contributed by atoms with E-state index in [0.717, 1.165) is 23.5 Å². The van der Waals surface area contributed by atoms with Gasteiger partial charge in [-0.15, -0.1) is 0 Å². The summed E-state index contributed by atoms with van der Waals surface area (Å²) in [6.45, 7) is 2.23. The Morgan fingerprint density at radius 1 is 1.17 bits per heavy atom. The summed E-state index contributed by atoms with van der Waals surface area (Å²) in [5, 5.41) is 3.31. The van der Waals surface area contributed by atoms with Gasteiger partial charge in [0.25, 0.3) is 5.91 Å². The maximum absolute atomic E-state index is 12.6. The van der Waals surface area contributed by atoms with E-state index in [4.69, 9.17) is 4.74 Å². The summed E-state index contributed by atoms with van der Waals surface area (Å²) in [6, 6.07) is 7.70. The van der Waals surface area contributed by atoms with Gasteiger partial charge in [-0.05, 0) is 86.8 Å². The molecule has 1 atom stereocenters. The molecule has 1 aromatic rings.